The van der Waals surface area contributed by atoms with Crippen LogP contribution in [0.3, 0.4) is 0 Å². The standard InChI is InChI=1S/C31H39NO4/c33-24-28-22-27(17-18-30(28)34)31(35)23-32-29(21-26-13-6-2-7-14-26)16-8-3-9-19-36-20-10-15-25-11-4-1-5-12-25/h1-2,4-7,11-14,17-18,22,24,29,31-32,34-35H,3,8-10,15-16,19-21,23H2. The van der Waals surface area contributed by atoms with Gasteiger partial charge in [-0.2, -0.15) is 0 Å². The predicted molar refractivity (Wildman–Crippen MR) is 144 cm³/mol. The highest BCUT2D eigenvalue weighted by molar-refractivity contribution is 5.79. The van der Waals surface area contributed by atoms with Crippen LogP contribution < -0.4 is 5.32 Å². The van der Waals surface area contributed by atoms with E-state index in [1.165, 1.54) is 17.2 Å². The number of carbonyl (C=O) groups excluding carboxylic acids is 1. The first kappa shape index (κ1) is 27.6. The second-order valence-corrected chi connectivity index (χ2v) is 9.30. The Morgan fingerprint density at radius 3 is 2.25 bits per heavy atom. The molecule has 0 aromatic heterocycles. The van der Waals surface area contributed by atoms with Crippen LogP contribution in [0, 0.1) is 0 Å². The van der Waals surface area contributed by atoms with Gasteiger partial charge in [-0.05, 0) is 60.9 Å². The maximum absolute atomic E-state index is 11.1. The summed E-state index contributed by atoms with van der Waals surface area (Å²) < 4.78 is 5.82. The summed E-state index contributed by atoms with van der Waals surface area (Å²) in [6.07, 6.45) is 7.08. The number of phenolic OH excluding ortho intramolecular Hbond substituents is 1. The second kappa shape index (κ2) is 15.9. The molecule has 36 heavy (non-hydrogen) atoms. The fourth-order valence-electron chi connectivity index (χ4n) is 4.34. The number of hydrogen-bond acceptors (Lipinski definition) is 5. The normalized spacial score (nSPS) is 12.8. The van der Waals surface area contributed by atoms with Crippen LogP contribution in [0.5, 0.6) is 5.75 Å². The van der Waals surface area contributed by atoms with Gasteiger partial charge in [0, 0.05) is 25.8 Å². The minimum absolute atomic E-state index is 0.0731. The number of ether oxygens (including phenoxy) is 1. The van der Waals surface area contributed by atoms with E-state index in [0.29, 0.717) is 18.4 Å². The van der Waals surface area contributed by atoms with Gasteiger partial charge >= 0.3 is 0 Å². The Labute approximate surface area is 215 Å². The van der Waals surface area contributed by atoms with Gasteiger partial charge in [0.15, 0.2) is 6.29 Å². The van der Waals surface area contributed by atoms with Crippen LogP contribution >= 0.6 is 0 Å². The zero-order valence-electron chi connectivity index (χ0n) is 21.0. The third-order valence-electron chi connectivity index (χ3n) is 6.43. The van der Waals surface area contributed by atoms with E-state index >= 15 is 0 Å². The van der Waals surface area contributed by atoms with Crippen molar-refractivity contribution in [1.82, 2.24) is 5.32 Å². The number of phenols is 1. The average Bonchev–Trinajstić information content (AvgIpc) is 2.91. The average molecular weight is 490 g/mol. The summed E-state index contributed by atoms with van der Waals surface area (Å²) in [5, 5.41) is 23.9. The molecule has 5 heteroatoms. The third kappa shape index (κ3) is 9.94. The van der Waals surface area contributed by atoms with E-state index in [-0.39, 0.29) is 17.4 Å². The molecule has 0 aliphatic carbocycles. The van der Waals surface area contributed by atoms with Crippen LogP contribution in [0.1, 0.15) is 65.3 Å². The molecule has 0 saturated carbocycles. The fourth-order valence-corrected chi connectivity index (χ4v) is 4.34. The summed E-state index contributed by atoms with van der Waals surface area (Å²) in [4.78, 5) is 11.1. The van der Waals surface area contributed by atoms with E-state index in [4.69, 9.17) is 4.74 Å². The van der Waals surface area contributed by atoms with Crippen molar-refractivity contribution in [2.75, 3.05) is 19.8 Å². The topological polar surface area (TPSA) is 78.8 Å². The SMILES string of the molecule is O=Cc1cc(C(O)CNC(CCCCCOCCCc2ccccc2)Cc2ccccc2)ccc1O. The van der Waals surface area contributed by atoms with Crippen LogP contribution in [0.25, 0.3) is 0 Å². The molecule has 192 valence electrons. The molecular formula is C31H39NO4. The van der Waals surface area contributed by atoms with Gasteiger partial charge in [-0.3, -0.25) is 4.79 Å². The van der Waals surface area contributed by atoms with Gasteiger partial charge in [0.2, 0.25) is 0 Å². The van der Waals surface area contributed by atoms with Gasteiger partial charge in [0.1, 0.15) is 5.75 Å². The van der Waals surface area contributed by atoms with Gasteiger partial charge in [0.25, 0.3) is 0 Å². The molecule has 2 unspecified atom stereocenters. The molecule has 0 aliphatic heterocycles. The third-order valence-corrected chi connectivity index (χ3v) is 6.43. The van der Waals surface area contributed by atoms with Gasteiger partial charge in [-0.15, -0.1) is 0 Å². The Kier molecular flexibility index (Phi) is 12.2. The summed E-state index contributed by atoms with van der Waals surface area (Å²) in [5.74, 6) is -0.0731. The highest BCUT2D eigenvalue weighted by atomic mass is 16.5. The maximum atomic E-state index is 11.1. The lowest BCUT2D eigenvalue weighted by atomic mass is 9.99. The minimum Gasteiger partial charge on any atom is -0.507 e. The number of benzene rings is 3. The Hall–Kier alpha value is -2.99. The van der Waals surface area contributed by atoms with Gasteiger partial charge in [-0.1, -0.05) is 79.6 Å². The number of aliphatic hydroxyl groups is 1. The fraction of sp³-hybridized carbons (Fsp3) is 0.387. The molecule has 0 saturated heterocycles. The smallest absolute Gasteiger partial charge is 0.153 e. The van der Waals surface area contributed by atoms with Crippen LogP contribution in [0.2, 0.25) is 0 Å². The van der Waals surface area contributed by atoms with Crippen LogP contribution in [0.4, 0.5) is 0 Å². The highest BCUT2D eigenvalue weighted by Crippen LogP contribution is 2.21. The molecule has 3 aromatic rings. The summed E-state index contributed by atoms with van der Waals surface area (Å²) in [6, 6.07) is 25.8. The second-order valence-electron chi connectivity index (χ2n) is 9.30. The number of nitrogens with one attached hydrogen (secondary N) is 1. The highest BCUT2D eigenvalue weighted by Gasteiger charge is 2.14. The molecule has 0 amide bonds. The lowest BCUT2D eigenvalue weighted by Gasteiger charge is -2.21. The number of aryl methyl sites for hydroxylation is 1. The van der Waals surface area contributed by atoms with E-state index in [1.807, 2.05) is 24.3 Å². The molecule has 2 atom stereocenters. The molecule has 0 spiro atoms. The van der Waals surface area contributed by atoms with E-state index in [2.05, 4.69) is 41.7 Å². The van der Waals surface area contributed by atoms with Gasteiger partial charge in [0.05, 0.1) is 11.7 Å². The monoisotopic (exact) mass is 489 g/mol. The Morgan fingerprint density at radius 1 is 0.833 bits per heavy atom. The van der Waals surface area contributed by atoms with E-state index in [0.717, 1.165) is 58.2 Å². The van der Waals surface area contributed by atoms with Crippen LogP contribution in [-0.4, -0.2) is 42.3 Å². The number of aldehydes is 1. The van der Waals surface area contributed by atoms with Crippen molar-refractivity contribution >= 4 is 6.29 Å². The minimum atomic E-state index is -0.758. The first-order valence-corrected chi connectivity index (χ1v) is 13.0. The Morgan fingerprint density at radius 2 is 1.53 bits per heavy atom. The number of aromatic hydroxyl groups is 1. The molecule has 0 radical (unpaired) electrons. The number of aliphatic hydroxyl groups excluding tert-OH is 1. The number of hydrogen-bond donors (Lipinski definition) is 3. The molecule has 0 aliphatic rings. The zero-order chi connectivity index (χ0) is 25.4. The number of unbranched alkanes of at least 4 members (excludes halogenated alkanes) is 2. The van der Waals surface area contributed by atoms with E-state index in [1.54, 1.807) is 12.1 Å². The lowest BCUT2D eigenvalue weighted by molar-refractivity contribution is 0.112. The first-order chi connectivity index (χ1) is 17.7. The van der Waals surface area contributed by atoms with Crippen molar-refractivity contribution in [3.05, 3.63) is 101 Å². The molecule has 0 bridgehead atoms. The van der Waals surface area contributed by atoms with Crippen LogP contribution in [-0.2, 0) is 17.6 Å². The van der Waals surface area contributed by atoms with Crippen molar-refractivity contribution in [1.29, 1.82) is 0 Å². The molecule has 3 N–H and O–H groups in total. The number of carbonyl (C=O) groups is 1. The zero-order valence-corrected chi connectivity index (χ0v) is 21.0. The summed E-state index contributed by atoms with van der Waals surface area (Å²) in [5.41, 5.74) is 3.43. The molecular weight excluding hydrogens is 450 g/mol. The van der Waals surface area contributed by atoms with Gasteiger partial charge < -0.3 is 20.3 Å². The van der Waals surface area contributed by atoms with Crippen molar-refractivity contribution in [2.24, 2.45) is 0 Å². The van der Waals surface area contributed by atoms with Crippen molar-refractivity contribution < 1.29 is 19.7 Å². The first-order valence-electron chi connectivity index (χ1n) is 13.0. The van der Waals surface area contributed by atoms with Crippen molar-refractivity contribution in [3.63, 3.8) is 0 Å². The largest absolute Gasteiger partial charge is 0.507 e. The summed E-state index contributed by atoms with van der Waals surface area (Å²) in [6.45, 7) is 1.98. The summed E-state index contributed by atoms with van der Waals surface area (Å²) >= 11 is 0. The molecule has 0 fully saturated rings. The van der Waals surface area contributed by atoms with Crippen molar-refractivity contribution in [2.45, 2.75) is 57.1 Å². The van der Waals surface area contributed by atoms with E-state index < -0.39 is 6.10 Å². The van der Waals surface area contributed by atoms with Gasteiger partial charge in [-0.25, -0.2) is 0 Å². The van der Waals surface area contributed by atoms with Crippen molar-refractivity contribution in [3.8, 4) is 5.75 Å². The number of rotatable bonds is 17. The predicted octanol–water partition coefficient (Wildman–Crippen LogP) is 5.65. The molecule has 5 nitrogen and oxygen atoms in total. The molecule has 3 aromatic carbocycles. The lowest BCUT2D eigenvalue weighted by Crippen LogP contribution is -2.34. The van der Waals surface area contributed by atoms with E-state index in [9.17, 15) is 15.0 Å². The molecule has 0 heterocycles. The Balaban J connectivity index is 1.38. The summed E-state index contributed by atoms with van der Waals surface area (Å²) in [7, 11) is 0. The van der Waals surface area contributed by atoms with Crippen LogP contribution in [0.15, 0.2) is 78.9 Å². The maximum Gasteiger partial charge on any atom is 0.153 e. The Bertz CT molecular complexity index is 1010. The quantitative estimate of drug-likeness (QED) is 0.169. The molecule has 3 rings (SSSR count).